The molecule has 0 saturated carbocycles. The van der Waals surface area contributed by atoms with E-state index in [2.05, 4.69) is 5.32 Å². The van der Waals surface area contributed by atoms with Gasteiger partial charge >= 0.3 is 5.69 Å². The van der Waals surface area contributed by atoms with Crippen molar-refractivity contribution in [1.82, 2.24) is 5.32 Å². The van der Waals surface area contributed by atoms with Gasteiger partial charge in [-0.15, -0.1) is 0 Å². The molecule has 6 heteroatoms. The summed E-state index contributed by atoms with van der Waals surface area (Å²) in [6.07, 6.45) is 0. The lowest BCUT2D eigenvalue weighted by Crippen LogP contribution is -2.34. The van der Waals surface area contributed by atoms with Crippen molar-refractivity contribution in [2.24, 2.45) is 0 Å². The molecule has 0 atom stereocenters. The normalized spacial score (nSPS) is 11.5. The maximum absolute atomic E-state index is 13.6. The van der Waals surface area contributed by atoms with E-state index in [1.807, 2.05) is 0 Å². The fourth-order valence-corrected chi connectivity index (χ4v) is 1.35. The molecule has 2 N–H and O–H groups in total. The Kier molecular flexibility index (Phi) is 4.14. The first kappa shape index (κ1) is 13.5. The fraction of sp³-hybridized carbons (Fsp3) is 0.455. The molecule has 1 aromatic rings. The summed E-state index contributed by atoms with van der Waals surface area (Å²) >= 11 is 0. The van der Waals surface area contributed by atoms with E-state index in [9.17, 15) is 19.6 Å². The molecule has 94 valence electrons. The van der Waals surface area contributed by atoms with E-state index in [1.165, 1.54) is 12.1 Å². The van der Waals surface area contributed by atoms with Crippen molar-refractivity contribution in [2.45, 2.75) is 26.0 Å². The van der Waals surface area contributed by atoms with Crippen LogP contribution >= 0.6 is 0 Å². The van der Waals surface area contributed by atoms with Crippen LogP contribution in [0.5, 0.6) is 0 Å². The molecule has 0 aromatic heterocycles. The van der Waals surface area contributed by atoms with E-state index in [4.69, 9.17) is 0 Å². The first-order chi connectivity index (χ1) is 7.81. The Bertz CT molecular complexity index is 416. The molecular formula is C11H15FN2O3. The van der Waals surface area contributed by atoms with Gasteiger partial charge in [-0.25, -0.2) is 0 Å². The number of nitrogens with zero attached hydrogens (tertiary/aromatic N) is 1. The SMILES string of the molecule is CC(C)(O)CNCc1cccc([N+](=O)[O-])c1F. The molecule has 0 aliphatic heterocycles. The first-order valence-corrected chi connectivity index (χ1v) is 5.16. The van der Waals surface area contributed by atoms with Gasteiger partial charge in [0.25, 0.3) is 0 Å². The lowest BCUT2D eigenvalue weighted by Gasteiger charge is -2.17. The Labute approximate surface area is 98.4 Å². The average Bonchev–Trinajstić information content (AvgIpc) is 2.18. The van der Waals surface area contributed by atoms with Crippen LogP contribution in [0.3, 0.4) is 0 Å². The summed E-state index contributed by atoms with van der Waals surface area (Å²) in [6.45, 7) is 3.64. The van der Waals surface area contributed by atoms with Gasteiger partial charge in [0, 0.05) is 24.7 Å². The molecule has 0 amide bonds. The van der Waals surface area contributed by atoms with Crippen LogP contribution in [0.25, 0.3) is 0 Å². The molecule has 0 aliphatic rings. The lowest BCUT2D eigenvalue weighted by atomic mass is 10.1. The molecule has 0 aliphatic carbocycles. The van der Waals surface area contributed by atoms with Gasteiger partial charge in [-0.2, -0.15) is 4.39 Å². The molecule has 1 aromatic carbocycles. The standard InChI is InChI=1S/C11H15FN2O3/c1-11(2,15)7-13-6-8-4-3-5-9(10(8)12)14(16)17/h3-5,13,15H,6-7H2,1-2H3. The molecule has 0 radical (unpaired) electrons. The Hall–Kier alpha value is -1.53. The van der Waals surface area contributed by atoms with E-state index in [1.54, 1.807) is 13.8 Å². The van der Waals surface area contributed by atoms with Crippen molar-refractivity contribution in [2.75, 3.05) is 6.54 Å². The minimum absolute atomic E-state index is 0.136. The second-order valence-corrected chi connectivity index (χ2v) is 4.42. The van der Waals surface area contributed by atoms with E-state index in [0.29, 0.717) is 0 Å². The van der Waals surface area contributed by atoms with Crippen LogP contribution < -0.4 is 5.32 Å². The maximum atomic E-state index is 13.6. The minimum Gasteiger partial charge on any atom is -0.389 e. The highest BCUT2D eigenvalue weighted by Gasteiger charge is 2.17. The summed E-state index contributed by atoms with van der Waals surface area (Å²) in [6, 6.07) is 4.02. The van der Waals surface area contributed by atoms with Gasteiger partial charge in [-0.3, -0.25) is 10.1 Å². The van der Waals surface area contributed by atoms with Crippen molar-refractivity contribution >= 4 is 5.69 Å². The largest absolute Gasteiger partial charge is 0.389 e. The number of hydrogen-bond donors (Lipinski definition) is 2. The second-order valence-electron chi connectivity index (χ2n) is 4.42. The molecule has 0 fully saturated rings. The number of nitro groups is 1. The van der Waals surface area contributed by atoms with Gasteiger partial charge in [0.2, 0.25) is 5.82 Å². The first-order valence-electron chi connectivity index (χ1n) is 5.16. The third kappa shape index (κ3) is 4.08. The zero-order chi connectivity index (χ0) is 13.1. The average molecular weight is 242 g/mol. The van der Waals surface area contributed by atoms with Crippen LogP contribution in [0.15, 0.2) is 18.2 Å². The van der Waals surface area contributed by atoms with Crippen molar-refractivity contribution in [3.63, 3.8) is 0 Å². The molecule has 0 saturated heterocycles. The third-order valence-corrected chi connectivity index (χ3v) is 2.13. The molecule has 1 rings (SSSR count). The van der Waals surface area contributed by atoms with E-state index >= 15 is 0 Å². The van der Waals surface area contributed by atoms with Gasteiger partial charge in [-0.05, 0) is 13.8 Å². The zero-order valence-corrected chi connectivity index (χ0v) is 9.74. The van der Waals surface area contributed by atoms with Crippen LogP contribution in [0.4, 0.5) is 10.1 Å². The quantitative estimate of drug-likeness (QED) is 0.607. The topological polar surface area (TPSA) is 75.4 Å². The molecule has 5 nitrogen and oxygen atoms in total. The molecule has 0 bridgehead atoms. The van der Waals surface area contributed by atoms with Gasteiger partial charge < -0.3 is 10.4 Å². The van der Waals surface area contributed by atoms with Crippen LogP contribution in [0.1, 0.15) is 19.4 Å². The number of rotatable bonds is 5. The molecule has 0 heterocycles. The summed E-state index contributed by atoms with van der Waals surface area (Å²) in [5, 5.41) is 22.8. The van der Waals surface area contributed by atoms with Crippen LogP contribution in [-0.4, -0.2) is 22.2 Å². The van der Waals surface area contributed by atoms with Crippen molar-refractivity contribution in [3.8, 4) is 0 Å². The maximum Gasteiger partial charge on any atom is 0.305 e. The third-order valence-electron chi connectivity index (χ3n) is 2.13. The number of halogens is 1. The highest BCUT2D eigenvalue weighted by Crippen LogP contribution is 2.19. The summed E-state index contributed by atoms with van der Waals surface area (Å²) in [5.74, 6) is -0.833. The minimum atomic E-state index is -0.906. The number of nitrogens with one attached hydrogen (secondary N) is 1. The number of aliphatic hydroxyl groups is 1. The highest BCUT2D eigenvalue weighted by atomic mass is 19.1. The van der Waals surface area contributed by atoms with E-state index in [-0.39, 0.29) is 18.7 Å². The van der Waals surface area contributed by atoms with Crippen molar-refractivity contribution in [1.29, 1.82) is 0 Å². The van der Waals surface area contributed by atoms with Gasteiger partial charge in [0.05, 0.1) is 10.5 Å². The van der Waals surface area contributed by atoms with Gasteiger partial charge in [0.15, 0.2) is 0 Å². The fourth-order valence-electron chi connectivity index (χ4n) is 1.35. The Morgan fingerprint density at radius 3 is 2.71 bits per heavy atom. The van der Waals surface area contributed by atoms with Gasteiger partial charge in [0.1, 0.15) is 0 Å². The predicted molar refractivity (Wildman–Crippen MR) is 61.1 cm³/mol. The van der Waals surface area contributed by atoms with E-state index in [0.717, 1.165) is 6.07 Å². The van der Waals surface area contributed by atoms with Crippen molar-refractivity contribution < 1.29 is 14.4 Å². The van der Waals surface area contributed by atoms with Crippen molar-refractivity contribution in [3.05, 3.63) is 39.7 Å². The molecule has 17 heavy (non-hydrogen) atoms. The van der Waals surface area contributed by atoms with Crippen LogP contribution in [0, 0.1) is 15.9 Å². The molecular weight excluding hydrogens is 227 g/mol. The highest BCUT2D eigenvalue weighted by molar-refractivity contribution is 5.36. The van der Waals surface area contributed by atoms with Crippen LogP contribution in [0.2, 0.25) is 0 Å². The zero-order valence-electron chi connectivity index (χ0n) is 9.74. The number of benzene rings is 1. The summed E-state index contributed by atoms with van der Waals surface area (Å²) in [5.41, 5.74) is -1.23. The van der Waals surface area contributed by atoms with Crippen LogP contribution in [-0.2, 0) is 6.54 Å². The van der Waals surface area contributed by atoms with E-state index < -0.39 is 22.0 Å². The number of hydrogen-bond acceptors (Lipinski definition) is 4. The lowest BCUT2D eigenvalue weighted by molar-refractivity contribution is -0.387. The van der Waals surface area contributed by atoms with Gasteiger partial charge in [-0.1, -0.05) is 12.1 Å². The smallest absolute Gasteiger partial charge is 0.305 e. The summed E-state index contributed by atoms with van der Waals surface area (Å²) < 4.78 is 13.6. The number of nitro benzene ring substituents is 1. The summed E-state index contributed by atoms with van der Waals surface area (Å²) in [4.78, 5) is 9.76. The molecule has 0 unspecified atom stereocenters. The monoisotopic (exact) mass is 242 g/mol. The Morgan fingerprint density at radius 1 is 1.53 bits per heavy atom. The second kappa shape index (κ2) is 5.20. The summed E-state index contributed by atoms with van der Waals surface area (Å²) in [7, 11) is 0. The predicted octanol–water partition coefficient (Wildman–Crippen LogP) is 1.59. The Balaban J connectivity index is 2.72. The molecule has 0 spiro atoms. The Morgan fingerprint density at radius 2 is 2.18 bits per heavy atom.